The molecule has 0 spiro atoms. The van der Waals surface area contributed by atoms with Crippen molar-refractivity contribution in [3.8, 4) is 0 Å². The van der Waals surface area contributed by atoms with E-state index < -0.39 is 0 Å². The third kappa shape index (κ3) is 7.82. The Morgan fingerprint density at radius 1 is 0.826 bits per heavy atom. The first-order valence-electron chi connectivity index (χ1n) is 8.20. The second-order valence-electron chi connectivity index (χ2n) is 8.11. The Hall–Kier alpha value is -1.84. The molecule has 128 valence electrons. The molecule has 1 aromatic carbocycles. The summed E-state index contributed by atoms with van der Waals surface area (Å²) in [6.07, 6.45) is 1.92. The van der Waals surface area contributed by atoms with E-state index in [0.29, 0.717) is 12.8 Å². The average Bonchev–Trinajstić information content (AvgIpc) is 2.38. The lowest BCUT2D eigenvalue weighted by molar-refractivity contribution is -0.118. The van der Waals surface area contributed by atoms with Crippen molar-refractivity contribution < 1.29 is 9.59 Å². The molecule has 0 aromatic heterocycles. The Bertz CT molecular complexity index is 539. The third-order valence-corrected chi connectivity index (χ3v) is 3.74. The maximum atomic E-state index is 12.0. The standard InChI is InChI=1S/C19H30N2O2/c1-7-19(5,6)13-17(23)21-15-10-8-14(9-11-15)20-16(22)12-18(2,3)4/h8-11H,7,12-13H2,1-6H3,(H,20,22)(H,21,23). The van der Waals surface area contributed by atoms with Crippen LogP contribution in [0.5, 0.6) is 0 Å². The highest BCUT2D eigenvalue weighted by atomic mass is 16.2. The molecular formula is C19H30N2O2. The van der Waals surface area contributed by atoms with Crippen LogP contribution in [0.4, 0.5) is 11.4 Å². The predicted octanol–water partition coefficient (Wildman–Crippen LogP) is 4.83. The van der Waals surface area contributed by atoms with Crippen LogP contribution in [-0.2, 0) is 9.59 Å². The van der Waals surface area contributed by atoms with E-state index in [1.165, 1.54) is 0 Å². The largest absolute Gasteiger partial charge is 0.326 e. The van der Waals surface area contributed by atoms with Crippen LogP contribution in [0.1, 0.15) is 60.8 Å². The third-order valence-electron chi connectivity index (χ3n) is 3.74. The molecule has 0 bridgehead atoms. The van der Waals surface area contributed by atoms with Crippen molar-refractivity contribution in [1.29, 1.82) is 0 Å². The number of anilines is 2. The molecule has 0 saturated carbocycles. The fourth-order valence-electron chi connectivity index (χ4n) is 2.09. The van der Waals surface area contributed by atoms with Gasteiger partial charge < -0.3 is 10.6 Å². The highest BCUT2D eigenvalue weighted by molar-refractivity contribution is 5.93. The summed E-state index contributed by atoms with van der Waals surface area (Å²) in [6.45, 7) is 12.3. The van der Waals surface area contributed by atoms with E-state index in [-0.39, 0.29) is 22.6 Å². The van der Waals surface area contributed by atoms with Gasteiger partial charge in [0.15, 0.2) is 0 Å². The first-order valence-corrected chi connectivity index (χ1v) is 8.20. The van der Waals surface area contributed by atoms with Gasteiger partial charge in [0.1, 0.15) is 0 Å². The molecule has 0 radical (unpaired) electrons. The van der Waals surface area contributed by atoms with E-state index >= 15 is 0 Å². The maximum absolute atomic E-state index is 12.0. The van der Waals surface area contributed by atoms with E-state index in [1.807, 2.05) is 32.9 Å². The summed E-state index contributed by atoms with van der Waals surface area (Å²) in [7, 11) is 0. The summed E-state index contributed by atoms with van der Waals surface area (Å²) in [5.74, 6) is 0.0142. The lowest BCUT2D eigenvalue weighted by atomic mass is 9.86. The molecule has 23 heavy (non-hydrogen) atoms. The lowest BCUT2D eigenvalue weighted by Crippen LogP contribution is -2.21. The SMILES string of the molecule is CCC(C)(C)CC(=O)Nc1ccc(NC(=O)CC(C)(C)C)cc1. The van der Waals surface area contributed by atoms with E-state index in [9.17, 15) is 9.59 Å². The van der Waals surface area contributed by atoms with Gasteiger partial charge in [0.25, 0.3) is 0 Å². The number of hydrogen-bond donors (Lipinski definition) is 2. The van der Waals surface area contributed by atoms with Crippen molar-refractivity contribution in [3.05, 3.63) is 24.3 Å². The normalized spacial score (nSPS) is 11.9. The minimum Gasteiger partial charge on any atom is -0.326 e. The van der Waals surface area contributed by atoms with E-state index in [4.69, 9.17) is 0 Å². The second kappa shape index (κ2) is 7.62. The number of rotatable bonds is 6. The topological polar surface area (TPSA) is 58.2 Å². The smallest absolute Gasteiger partial charge is 0.224 e. The van der Waals surface area contributed by atoms with E-state index in [0.717, 1.165) is 17.8 Å². The quantitative estimate of drug-likeness (QED) is 0.789. The Morgan fingerprint density at radius 3 is 1.57 bits per heavy atom. The monoisotopic (exact) mass is 318 g/mol. The molecule has 4 heteroatoms. The van der Waals surface area contributed by atoms with Gasteiger partial charge in [0, 0.05) is 24.2 Å². The van der Waals surface area contributed by atoms with Crippen molar-refractivity contribution in [2.75, 3.05) is 10.6 Å². The fourth-order valence-corrected chi connectivity index (χ4v) is 2.09. The second-order valence-corrected chi connectivity index (χ2v) is 8.11. The molecule has 0 heterocycles. The van der Waals surface area contributed by atoms with Gasteiger partial charge in [-0.1, -0.05) is 48.0 Å². The van der Waals surface area contributed by atoms with Crippen LogP contribution < -0.4 is 10.6 Å². The summed E-state index contributed by atoms with van der Waals surface area (Å²) >= 11 is 0. The minimum atomic E-state index is -0.0376. The zero-order chi connectivity index (χ0) is 17.7. The Morgan fingerprint density at radius 2 is 1.22 bits per heavy atom. The van der Waals surface area contributed by atoms with Gasteiger partial charge in [-0.2, -0.15) is 0 Å². The molecular weight excluding hydrogens is 288 g/mol. The number of nitrogens with one attached hydrogen (secondary N) is 2. The molecule has 0 fully saturated rings. The van der Waals surface area contributed by atoms with E-state index in [1.54, 1.807) is 12.1 Å². The van der Waals surface area contributed by atoms with Gasteiger partial charge in [-0.25, -0.2) is 0 Å². The number of amides is 2. The van der Waals surface area contributed by atoms with Gasteiger partial charge in [-0.05, 0) is 35.1 Å². The summed E-state index contributed by atoms with van der Waals surface area (Å²) in [5.41, 5.74) is 1.46. The molecule has 1 rings (SSSR count). The van der Waals surface area contributed by atoms with Gasteiger partial charge in [-0.3, -0.25) is 9.59 Å². The molecule has 0 unspecified atom stereocenters. The van der Waals surface area contributed by atoms with Gasteiger partial charge >= 0.3 is 0 Å². The van der Waals surface area contributed by atoms with Crippen molar-refractivity contribution in [2.45, 2.75) is 60.8 Å². The summed E-state index contributed by atoms with van der Waals surface area (Å²) in [5, 5.41) is 5.77. The molecule has 0 aliphatic rings. The maximum Gasteiger partial charge on any atom is 0.224 e. The average molecular weight is 318 g/mol. The molecule has 2 amide bonds. The van der Waals surface area contributed by atoms with Crippen LogP contribution in [0.15, 0.2) is 24.3 Å². The molecule has 0 aliphatic heterocycles. The highest BCUT2D eigenvalue weighted by Crippen LogP contribution is 2.25. The molecule has 0 aliphatic carbocycles. The summed E-state index contributed by atoms with van der Waals surface area (Å²) in [6, 6.07) is 7.23. The van der Waals surface area contributed by atoms with Crippen molar-refractivity contribution in [3.63, 3.8) is 0 Å². The first kappa shape index (κ1) is 19.2. The van der Waals surface area contributed by atoms with Crippen molar-refractivity contribution >= 4 is 23.2 Å². The number of hydrogen-bond acceptors (Lipinski definition) is 2. The van der Waals surface area contributed by atoms with Crippen LogP contribution >= 0.6 is 0 Å². The molecule has 0 saturated heterocycles. The van der Waals surface area contributed by atoms with Crippen LogP contribution in [-0.4, -0.2) is 11.8 Å². The van der Waals surface area contributed by atoms with Crippen LogP contribution in [0.3, 0.4) is 0 Å². The number of benzene rings is 1. The van der Waals surface area contributed by atoms with Crippen LogP contribution in [0, 0.1) is 10.8 Å². The zero-order valence-electron chi connectivity index (χ0n) is 15.2. The molecule has 0 atom stereocenters. The van der Waals surface area contributed by atoms with Crippen LogP contribution in [0.25, 0.3) is 0 Å². The van der Waals surface area contributed by atoms with Gasteiger partial charge in [0.2, 0.25) is 11.8 Å². The molecule has 1 aromatic rings. The minimum absolute atomic E-state index is 0.000944. The number of carbonyl (C=O) groups is 2. The molecule has 4 nitrogen and oxygen atoms in total. The van der Waals surface area contributed by atoms with Crippen LogP contribution in [0.2, 0.25) is 0 Å². The summed E-state index contributed by atoms with van der Waals surface area (Å²) < 4.78 is 0. The first-order chi connectivity index (χ1) is 10.5. The Balaban J connectivity index is 2.57. The van der Waals surface area contributed by atoms with Crippen molar-refractivity contribution in [1.82, 2.24) is 0 Å². The summed E-state index contributed by atoms with van der Waals surface area (Å²) in [4.78, 5) is 23.9. The van der Waals surface area contributed by atoms with E-state index in [2.05, 4.69) is 31.4 Å². The Kier molecular flexibility index (Phi) is 6.37. The Labute approximate surface area is 140 Å². The lowest BCUT2D eigenvalue weighted by Gasteiger charge is -2.21. The van der Waals surface area contributed by atoms with Gasteiger partial charge in [0.05, 0.1) is 0 Å². The highest BCUT2D eigenvalue weighted by Gasteiger charge is 2.20. The number of carbonyl (C=O) groups excluding carboxylic acids is 2. The predicted molar refractivity (Wildman–Crippen MR) is 96.5 cm³/mol. The van der Waals surface area contributed by atoms with Gasteiger partial charge in [-0.15, -0.1) is 0 Å². The van der Waals surface area contributed by atoms with Crippen molar-refractivity contribution in [2.24, 2.45) is 10.8 Å². The fraction of sp³-hybridized carbons (Fsp3) is 0.579. The zero-order valence-corrected chi connectivity index (χ0v) is 15.2. The molecule has 2 N–H and O–H groups in total.